The highest BCUT2D eigenvalue weighted by atomic mass is 16.5. The number of hydrogen-bond acceptors (Lipinski definition) is 6. The first-order valence-corrected chi connectivity index (χ1v) is 9.62. The van der Waals surface area contributed by atoms with E-state index in [9.17, 15) is 9.59 Å². The third-order valence-electron chi connectivity index (χ3n) is 5.19. The highest BCUT2D eigenvalue weighted by molar-refractivity contribution is 6.05. The molecule has 4 rings (SSSR count). The molecule has 2 aliphatic rings. The van der Waals surface area contributed by atoms with E-state index in [0.717, 1.165) is 43.7 Å². The second-order valence-corrected chi connectivity index (χ2v) is 7.06. The van der Waals surface area contributed by atoms with Gasteiger partial charge in [0.15, 0.2) is 11.6 Å². The molecule has 2 fully saturated rings. The molecule has 0 saturated carbocycles. The summed E-state index contributed by atoms with van der Waals surface area (Å²) in [4.78, 5) is 29.1. The van der Waals surface area contributed by atoms with Crippen molar-refractivity contribution in [2.45, 2.75) is 19.3 Å². The summed E-state index contributed by atoms with van der Waals surface area (Å²) >= 11 is 0. The lowest BCUT2D eigenvalue weighted by Gasteiger charge is -2.21. The molecular weight excluding hydrogens is 360 g/mol. The van der Waals surface area contributed by atoms with Gasteiger partial charge in [-0.2, -0.15) is 0 Å². The molecule has 2 amide bonds. The summed E-state index contributed by atoms with van der Waals surface area (Å²) in [6, 6.07) is 7.33. The number of carbonyl (C=O) groups is 2. The van der Waals surface area contributed by atoms with E-state index >= 15 is 0 Å². The summed E-state index contributed by atoms with van der Waals surface area (Å²) in [6.07, 6.45) is 2.84. The average Bonchev–Trinajstić information content (AvgIpc) is 3.34. The fraction of sp³-hybridized carbons (Fsp3) is 0.450. The lowest BCUT2D eigenvalue weighted by atomic mass is 10.1. The van der Waals surface area contributed by atoms with Crippen LogP contribution in [0.4, 0.5) is 5.82 Å². The Balaban J connectivity index is 1.74. The number of aromatic nitrogens is 1. The van der Waals surface area contributed by atoms with Gasteiger partial charge in [0.05, 0.1) is 13.7 Å². The summed E-state index contributed by atoms with van der Waals surface area (Å²) in [5, 5.41) is 7.05. The van der Waals surface area contributed by atoms with Gasteiger partial charge in [-0.25, -0.2) is 0 Å². The Labute approximate surface area is 163 Å². The number of amides is 2. The molecule has 0 atom stereocenters. The third kappa shape index (κ3) is 3.54. The number of methoxy groups -OCH3 is 1. The van der Waals surface area contributed by atoms with Gasteiger partial charge >= 0.3 is 0 Å². The van der Waals surface area contributed by atoms with Crippen molar-refractivity contribution >= 4 is 17.6 Å². The molecule has 0 aliphatic carbocycles. The number of ether oxygens (including phenoxy) is 1. The molecule has 0 radical (unpaired) electrons. The highest BCUT2D eigenvalue weighted by Gasteiger charge is 2.33. The molecule has 2 saturated heterocycles. The molecule has 8 nitrogen and oxygen atoms in total. The maximum atomic E-state index is 13.4. The van der Waals surface area contributed by atoms with Crippen LogP contribution in [0.5, 0.6) is 5.75 Å². The predicted molar refractivity (Wildman–Crippen MR) is 103 cm³/mol. The summed E-state index contributed by atoms with van der Waals surface area (Å²) < 4.78 is 10.9. The van der Waals surface area contributed by atoms with Crippen molar-refractivity contribution in [2.24, 2.45) is 0 Å². The Kier molecular flexibility index (Phi) is 5.18. The molecule has 28 heavy (non-hydrogen) atoms. The molecule has 1 N–H and O–H groups in total. The standard InChI is InChI=1S/C20H24N4O4/c1-27-15-7-5-14(6-8-15)18-17(19(22-28-18)23-10-2-3-11-23)20(26)24-12-4-9-21-16(25)13-24/h5-8H,2-4,9-13H2,1H3,(H,21,25). The van der Waals surface area contributed by atoms with Gasteiger partial charge in [-0.1, -0.05) is 5.16 Å². The first-order valence-electron chi connectivity index (χ1n) is 9.62. The second kappa shape index (κ2) is 7.92. The first-order chi connectivity index (χ1) is 13.7. The first kappa shape index (κ1) is 18.3. The Bertz CT molecular complexity index is 856. The quantitative estimate of drug-likeness (QED) is 0.866. The summed E-state index contributed by atoms with van der Waals surface area (Å²) in [7, 11) is 1.61. The van der Waals surface area contributed by atoms with Crippen molar-refractivity contribution < 1.29 is 18.8 Å². The summed E-state index contributed by atoms with van der Waals surface area (Å²) in [5.41, 5.74) is 1.18. The van der Waals surface area contributed by atoms with Crippen molar-refractivity contribution in [1.82, 2.24) is 15.4 Å². The van der Waals surface area contributed by atoms with Crippen LogP contribution in [-0.4, -0.2) is 61.7 Å². The van der Waals surface area contributed by atoms with Gasteiger partial charge in [0, 0.05) is 31.7 Å². The van der Waals surface area contributed by atoms with E-state index in [4.69, 9.17) is 9.26 Å². The minimum absolute atomic E-state index is 0.0471. The number of hydrogen-bond donors (Lipinski definition) is 1. The van der Waals surface area contributed by atoms with Crippen molar-refractivity contribution in [2.75, 3.05) is 44.7 Å². The molecule has 0 unspecified atom stereocenters. The highest BCUT2D eigenvalue weighted by Crippen LogP contribution is 2.34. The fourth-order valence-corrected chi connectivity index (χ4v) is 3.70. The van der Waals surface area contributed by atoms with Crippen molar-refractivity contribution in [3.63, 3.8) is 0 Å². The van der Waals surface area contributed by atoms with Gasteiger partial charge in [0.2, 0.25) is 5.91 Å². The monoisotopic (exact) mass is 384 g/mol. The van der Waals surface area contributed by atoms with Crippen LogP contribution in [0.25, 0.3) is 11.3 Å². The number of carbonyl (C=O) groups excluding carboxylic acids is 2. The van der Waals surface area contributed by atoms with Gasteiger partial charge < -0.3 is 24.4 Å². The molecule has 148 valence electrons. The third-order valence-corrected chi connectivity index (χ3v) is 5.19. The summed E-state index contributed by atoms with van der Waals surface area (Å²) in [5.74, 6) is 1.36. The van der Waals surface area contributed by atoms with Crippen LogP contribution < -0.4 is 15.0 Å². The van der Waals surface area contributed by atoms with Crippen LogP contribution in [0.15, 0.2) is 28.8 Å². The van der Waals surface area contributed by atoms with Crippen LogP contribution >= 0.6 is 0 Å². The minimum atomic E-state index is -0.217. The zero-order valence-corrected chi connectivity index (χ0v) is 15.9. The van der Waals surface area contributed by atoms with E-state index < -0.39 is 0 Å². The topological polar surface area (TPSA) is 87.9 Å². The molecule has 3 heterocycles. The number of nitrogens with one attached hydrogen (secondary N) is 1. The maximum Gasteiger partial charge on any atom is 0.262 e. The Hall–Kier alpha value is -3.03. The van der Waals surface area contributed by atoms with Crippen molar-refractivity contribution in [3.8, 4) is 17.1 Å². The van der Waals surface area contributed by atoms with E-state index in [-0.39, 0.29) is 18.4 Å². The smallest absolute Gasteiger partial charge is 0.262 e. The van der Waals surface area contributed by atoms with Gasteiger partial charge in [-0.3, -0.25) is 9.59 Å². The zero-order valence-electron chi connectivity index (χ0n) is 15.9. The lowest BCUT2D eigenvalue weighted by Crippen LogP contribution is -2.38. The van der Waals surface area contributed by atoms with Crippen molar-refractivity contribution in [3.05, 3.63) is 29.8 Å². The van der Waals surface area contributed by atoms with Crippen LogP contribution in [0.2, 0.25) is 0 Å². The molecule has 0 bridgehead atoms. The van der Waals surface area contributed by atoms with E-state index in [1.807, 2.05) is 24.3 Å². The Morgan fingerprint density at radius 3 is 2.61 bits per heavy atom. The average molecular weight is 384 g/mol. The van der Waals surface area contributed by atoms with Crippen LogP contribution in [0.3, 0.4) is 0 Å². The molecule has 8 heteroatoms. The molecule has 2 aliphatic heterocycles. The zero-order chi connectivity index (χ0) is 19.5. The van der Waals surface area contributed by atoms with E-state index in [1.165, 1.54) is 0 Å². The number of nitrogens with zero attached hydrogens (tertiary/aromatic N) is 3. The molecule has 1 aromatic heterocycles. The lowest BCUT2D eigenvalue weighted by molar-refractivity contribution is -0.121. The van der Waals surface area contributed by atoms with Gasteiger partial charge in [-0.05, 0) is 43.5 Å². The van der Waals surface area contributed by atoms with E-state index in [2.05, 4.69) is 15.4 Å². The number of benzene rings is 1. The van der Waals surface area contributed by atoms with Gasteiger partial charge in [-0.15, -0.1) is 0 Å². The molecule has 1 aromatic carbocycles. The number of anilines is 1. The van der Waals surface area contributed by atoms with Crippen molar-refractivity contribution in [1.29, 1.82) is 0 Å². The predicted octanol–water partition coefficient (Wildman–Crippen LogP) is 1.91. The molecule has 2 aromatic rings. The van der Waals surface area contributed by atoms with E-state index in [0.29, 0.717) is 30.2 Å². The summed E-state index contributed by atoms with van der Waals surface area (Å²) in [6.45, 7) is 2.83. The molecule has 0 spiro atoms. The SMILES string of the molecule is COc1ccc(-c2onc(N3CCCC3)c2C(=O)N2CCCNC(=O)C2)cc1. The van der Waals surface area contributed by atoms with Gasteiger partial charge in [0.25, 0.3) is 5.91 Å². The minimum Gasteiger partial charge on any atom is -0.497 e. The molecular formula is C20H24N4O4. The largest absolute Gasteiger partial charge is 0.497 e. The second-order valence-electron chi connectivity index (χ2n) is 7.06. The van der Waals surface area contributed by atoms with Crippen LogP contribution in [0.1, 0.15) is 29.6 Å². The van der Waals surface area contributed by atoms with E-state index in [1.54, 1.807) is 12.0 Å². The Morgan fingerprint density at radius 2 is 1.89 bits per heavy atom. The normalized spacial score (nSPS) is 17.4. The Morgan fingerprint density at radius 1 is 1.14 bits per heavy atom. The van der Waals surface area contributed by atoms with Gasteiger partial charge in [0.1, 0.15) is 11.3 Å². The van der Waals surface area contributed by atoms with Crippen LogP contribution in [-0.2, 0) is 4.79 Å². The fourth-order valence-electron chi connectivity index (χ4n) is 3.70. The van der Waals surface area contributed by atoms with Crippen LogP contribution in [0, 0.1) is 0 Å². The number of rotatable bonds is 4. The maximum absolute atomic E-state index is 13.4.